The van der Waals surface area contributed by atoms with E-state index in [1.807, 2.05) is 0 Å². The molecule has 0 aromatic heterocycles. The maximum absolute atomic E-state index is 12.8. The van der Waals surface area contributed by atoms with Gasteiger partial charge in [0.25, 0.3) is 0 Å². The Morgan fingerprint density at radius 3 is 2.05 bits per heavy atom. The van der Waals surface area contributed by atoms with Crippen LogP contribution in [0.1, 0.15) is 36.0 Å². The van der Waals surface area contributed by atoms with Gasteiger partial charge in [0.05, 0.1) is 8.07 Å². The number of Topliss-reactive ketones (excluding diaryl/α,β-unsaturated/α-hetero) is 1. The van der Waals surface area contributed by atoms with Gasteiger partial charge in [-0.15, -0.1) is 0 Å². The van der Waals surface area contributed by atoms with Crippen molar-refractivity contribution in [2.24, 2.45) is 5.92 Å². The Hall–Kier alpha value is -0.933. The van der Waals surface area contributed by atoms with Crippen LogP contribution in [-0.4, -0.2) is 37.9 Å². The normalized spacial score (nSPS) is 29.6. The highest BCUT2D eigenvalue weighted by Gasteiger charge is 2.40. The number of benzene rings is 1. The quantitative estimate of drug-likeness (QED) is 0.631. The van der Waals surface area contributed by atoms with Gasteiger partial charge >= 0.3 is 0 Å². The molecule has 2 nitrogen and oxygen atoms in total. The minimum absolute atomic E-state index is 0.247. The average molecular weight is 302 g/mol. The number of carbonyl (C=O) groups is 1. The summed E-state index contributed by atoms with van der Waals surface area (Å²) < 4.78 is 0. The lowest BCUT2D eigenvalue weighted by atomic mass is 9.85. The van der Waals surface area contributed by atoms with Crippen LogP contribution in [0.3, 0.4) is 0 Å². The molecule has 1 aromatic rings. The van der Waals surface area contributed by atoms with Crippen molar-refractivity contribution in [3.63, 3.8) is 0 Å². The van der Waals surface area contributed by atoms with Crippen molar-refractivity contribution in [2.75, 3.05) is 7.05 Å². The van der Waals surface area contributed by atoms with E-state index in [1.54, 1.807) is 0 Å². The zero-order chi connectivity index (χ0) is 15.2. The first-order valence-corrected chi connectivity index (χ1v) is 11.7. The summed E-state index contributed by atoms with van der Waals surface area (Å²) in [6, 6.07) is 9.77. The molecule has 21 heavy (non-hydrogen) atoms. The van der Waals surface area contributed by atoms with E-state index in [9.17, 15) is 4.79 Å². The van der Waals surface area contributed by atoms with Gasteiger partial charge in [-0.3, -0.25) is 4.79 Å². The molecule has 2 saturated heterocycles. The number of piperidine rings is 1. The molecule has 0 saturated carbocycles. The molecule has 114 valence electrons. The average Bonchev–Trinajstić information content (AvgIpc) is 2.66. The molecule has 2 heterocycles. The van der Waals surface area contributed by atoms with E-state index in [4.69, 9.17) is 0 Å². The molecule has 2 atom stereocenters. The lowest BCUT2D eigenvalue weighted by molar-refractivity contribution is 0.0767. The number of ketones is 1. The van der Waals surface area contributed by atoms with Gasteiger partial charge in [0.2, 0.25) is 0 Å². The van der Waals surface area contributed by atoms with Crippen molar-refractivity contribution < 1.29 is 4.79 Å². The van der Waals surface area contributed by atoms with Crippen LogP contribution in [0.15, 0.2) is 24.3 Å². The Morgan fingerprint density at radius 2 is 1.57 bits per heavy atom. The van der Waals surface area contributed by atoms with Gasteiger partial charge < -0.3 is 4.90 Å². The number of rotatable bonds is 3. The number of fused-ring (bicyclic) bond motifs is 2. The largest absolute Gasteiger partial charge is 0.300 e. The second-order valence-electron chi connectivity index (χ2n) is 7.91. The van der Waals surface area contributed by atoms with Crippen LogP contribution in [0.4, 0.5) is 0 Å². The van der Waals surface area contributed by atoms with E-state index in [-0.39, 0.29) is 5.92 Å². The van der Waals surface area contributed by atoms with E-state index in [0.717, 1.165) is 18.4 Å². The molecule has 2 bridgehead atoms. The van der Waals surface area contributed by atoms with Crippen molar-refractivity contribution in [2.45, 2.75) is 57.4 Å². The topological polar surface area (TPSA) is 20.3 Å². The molecule has 0 radical (unpaired) electrons. The molecule has 2 aliphatic heterocycles. The van der Waals surface area contributed by atoms with E-state index < -0.39 is 8.07 Å². The number of carbonyl (C=O) groups excluding carboxylic acids is 1. The van der Waals surface area contributed by atoms with Gasteiger partial charge in [0.15, 0.2) is 5.78 Å². The van der Waals surface area contributed by atoms with Gasteiger partial charge in [-0.25, -0.2) is 0 Å². The maximum Gasteiger partial charge on any atom is 0.166 e. The molecule has 2 aliphatic rings. The zero-order valence-corrected chi connectivity index (χ0v) is 14.7. The van der Waals surface area contributed by atoms with Crippen LogP contribution in [0.5, 0.6) is 0 Å². The molecule has 0 aliphatic carbocycles. The monoisotopic (exact) mass is 301 g/mol. The number of hydrogen-bond acceptors (Lipinski definition) is 2. The third kappa shape index (κ3) is 2.86. The SMILES string of the molecule is CN1C2CCC1CC(C(=O)c1ccc([Si](C)(C)C)cc1)C2. The fourth-order valence-corrected chi connectivity index (χ4v) is 5.16. The summed E-state index contributed by atoms with van der Waals surface area (Å²) in [6.45, 7) is 7.04. The second kappa shape index (κ2) is 5.36. The van der Waals surface area contributed by atoms with Crippen LogP contribution in [-0.2, 0) is 0 Å². The molecule has 1 aromatic carbocycles. The fourth-order valence-electron chi connectivity index (χ4n) is 4.00. The number of nitrogens with zero attached hydrogens (tertiary/aromatic N) is 1. The van der Waals surface area contributed by atoms with E-state index in [0.29, 0.717) is 17.9 Å². The van der Waals surface area contributed by atoms with Crippen LogP contribution >= 0.6 is 0 Å². The first-order chi connectivity index (χ1) is 9.86. The van der Waals surface area contributed by atoms with Gasteiger partial charge in [-0.05, 0) is 32.7 Å². The number of hydrogen-bond donors (Lipinski definition) is 0. The minimum Gasteiger partial charge on any atom is -0.300 e. The standard InChI is InChI=1S/C18H27NOSi/c1-19-15-7-8-16(19)12-14(11-15)18(20)13-5-9-17(10-6-13)21(2,3)4/h5-6,9-10,14-16H,7-8,11-12H2,1-4H3. The Bertz CT molecular complexity index is 517. The highest BCUT2D eigenvalue weighted by molar-refractivity contribution is 6.88. The van der Waals surface area contributed by atoms with Crippen molar-refractivity contribution in [3.8, 4) is 0 Å². The predicted octanol–water partition coefficient (Wildman–Crippen LogP) is 3.29. The van der Waals surface area contributed by atoms with Gasteiger partial charge in [-0.1, -0.05) is 49.1 Å². The summed E-state index contributed by atoms with van der Waals surface area (Å²) in [5, 5.41) is 1.43. The predicted molar refractivity (Wildman–Crippen MR) is 91.0 cm³/mol. The molecular formula is C18H27NOSi. The van der Waals surface area contributed by atoms with E-state index in [1.165, 1.54) is 18.0 Å². The minimum atomic E-state index is -1.27. The van der Waals surface area contributed by atoms with Crippen LogP contribution in [0.25, 0.3) is 0 Å². The summed E-state index contributed by atoms with van der Waals surface area (Å²) in [7, 11) is 0.958. The Balaban J connectivity index is 1.74. The van der Waals surface area contributed by atoms with Crippen molar-refractivity contribution in [1.29, 1.82) is 0 Å². The Labute approximate surface area is 129 Å². The van der Waals surface area contributed by atoms with Crippen molar-refractivity contribution in [1.82, 2.24) is 4.90 Å². The lowest BCUT2D eigenvalue weighted by Crippen LogP contribution is -2.42. The molecule has 0 N–H and O–H groups in total. The molecule has 0 amide bonds. The van der Waals surface area contributed by atoms with E-state index >= 15 is 0 Å². The van der Waals surface area contributed by atoms with Crippen LogP contribution < -0.4 is 5.19 Å². The fraction of sp³-hybridized carbons (Fsp3) is 0.611. The van der Waals surface area contributed by atoms with Gasteiger partial charge in [0.1, 0.15) is 0 Å². The van der Waals surface area contributed by atoms with Crippen LogP contribution in [0.2, 0.25) is 19.6 Å². The third-order valence-corrected chi connectivity index (χ3v) is 7.57. The highest BCUT2D eigenvalue weighted by Crippen LogP contribution is 2.38. The van der Waals surface area contributed by atoms with Crippen molar-refractivity contribution in [3.05, 3.63) is 29.8 Å². The Morgan fingerprint density at radius 1 is 1.05 bits per heavy atom. The third-order valence-electron chi connectivity index (χ3n) is 5.50. The Kier molecular flexibility index (Phi) is 3.83. The van der Waals surface area contributed by atoms with Gasteiger partial charge in [-0.2, -0.15) is 0 Å². The summed E-state index contributed by atoms with van der Waals surface area (Å²) in [5.41, 5.74) is 0.922. The maximum atomic E-state index is 12.8. The summed E-state index contributed by atoms with van der Waals surface area (Å²) in [4.78, 5) is 15.3. The highest BCUT2D eigenvalue weighted by atomic mass is 28.3. The first kappa shape index (κ1) is 15.0. The van der Waals surface area contributed by atoms with Gasteiger partial charge in [0, 0.05) is 23.6 Å². The molecule has 3 heteroatoms. The smallest absolute Gasteiger partial charge is 0.166 e. The molecule has 2 unspecified atom stereocenters. The lowest BCUT2D eigenvalue weighted by Gasteiger charge is -2.35. The summed E-state index contributed by atoms with van der Waals surface area (Å²) in [6.07, 6.45) is 4.67. The second-order valence-corrected chi connectivity index (χ2v) is 13.0. The first-order valence-electron chi connectivity index (χ1n) is 8.23. The van der Waals surface area contributed by atoms with E-state index in [2.05, 4.69) is 55.9 Å². The molecular weight excluding hydrogens is 274 g/mol. The summed E-state index contributed by atoms with van der Waals surface area (Å²) in [5.74, 6) is 0.624. The van der Waals surface area contributed by atoms with Crippen molar-refractivity contribution >= 4 is 19.0 Å². The molecule has 2 fully saturated rings. The molecule has 3 rings (SSSR count). The zero-order valence-electron chi connectivity index (χ0n) is 13.7. The van der Waals surface area contributed by atoms with Crippen LogP contribution in [0, 0.1) is 5.92 Å². The molecule has 0 spiro atoms. The summed E-state index contributed by atoms with van der Waals surface area (Å²) >= 11 is 0.